The Morgan fingerprint density at radius 1 is 1.11 bits per heavy atom. The molecule has 0 atom stereocenters. The number of carbonyl (C=O) groups excluding carboxylic acids is 1. The summed E-state index contributed by atoms with van der Waals surface area (Å²) in [6, 6.07) is 17.0. The fourth-order valence-corrected chi connectivity index (χ4v) is 1.84. The number of nitrogens with zero attached hydrogens (tertiary/aromatic N) is 1. The third-order valence-electron chi connectivity index (χ3n) is 2.83. The minimum atomic E-state index is 0.133. The second-order valence-corrected chi connectivity index (χ2v) is 4.05. The molecular formula is C16H13NO. The molecule has 2 heteroatoms. The van der Waals surface area contributed by atoms with Crippen LogP contribution in [0.4, 0.5) is 0 Å². The lowest BCUT2D eigenvalue weighted by Gasteiger charge is -2.04. The quantitative estimate of drug-likeness (QED) is 0.759. The summed E-state index contributed by atoms with van der Waals surface area (Å²) in [6.45, 7) is 1.85. The zero-order chi connectivity index (χ0) is 13.0. The lowest BCUT2D eigenvalue weighted by atomic mass is 9.99. The molecule has 0 amide bonds. The molecule has 0 aliphatic carbocycles. The van der Waals surface area contributed by atoms with E-state index in [2.05, 4.69) is 6.07 Å². The van der Waals surface area contributed by atoms with Crippen molar-refractivity contribution in [1.29, 1.82) is 5.26 Å². The van der Waals surface area contributed by atoms with E-state index in [4.69, 9.17) is 5.26 Å². The molecule has 0 fully saturated rings. The molecule has 2 nitrogen and oxygen atoms in total. The van der Waals surface area contributed by atoms with E-state index >= 15 is 0 Å². The molecule has 2 aromatic carbocycles. The molecule has 0 unspecified atom stereocenters. The summed E-state index contributed by atoms with van der Waals surface area (Å²) in [5, 5.41) is 8.89. The Balaban J connectivity index is 2.45. The van der Waals surface area contributed by atoms with Crippen LogP contribution in [0.3, 0.4) is 0 Å². The van der Waals surface area contributed by atoms with Crippen molar-refractivity contribution in [3.8, 4) is 17.2 Å². The number of rotatable bonds is 3. The first-order chi connectivity index (χ1) is 8.74. The standard InChI is InChI=1S/C16H13NO/c1-2-16(18)15-8-4-7-14(10-15)13-6-3-5-12(9-13)11-17/h3-10H,2H2,1H3. The van der Waals surface area contributed by atoms with Crippen molar-refractivity contribution in [2.24, 2.45) is 0 Å². The van der Waals surface area contributed by atoms with Gasteiger partial charge in [0.2, 0.25) is 0 Å². The molecule has 0 spiro atoms. The van der Waals surface area contributed by atoms with Crippen LogP contribution in [0.25, 0.3) is 11.1 Å². The van der Waals surface area contributed by atoms with Gasteiger partial charge in [0.25, 0.3) is 0 Å². The Bertz CT molecular complexity index is 623. The van der Waals surface area contributed by atoms with Gasteiger partial charge in [-0.25, -0.2) is 0 Å². The number of ketones is 1. The van der Waals surface area contributed by atoms with Crippen LogP contribution in [0.1, 0.15) is 29.3 Å². The predicted octanol–water partition coefficient (Wildman–Crippen LogP) is 3.82. The van der Waals surface area contributed by atoms with E-state index in [1.165, 1.54) is 0 Å². The Morgan fingerprint density at radius 3 is 2.44 bits per heavy atom. The average molecular weight is 235 g/mol. The summed E-state index contributed by atoms with van der Waals surface area (Å²) in [5.74, 6) is 0.133. The monoisotopic (exact) mass is 235 g/mol. The minimum Gasteiger partial charge on any atom is -0.294 e. The summed E-state index contributed by atoms with van der Waals surface area (Å²) < 4.78 is 0. The predicted molar refractivity (Wildman–Crippen MR) is 71.2 cm³/mol. The Morgan fingerprint density at radius 2 is 1.78 bits per heavy atom. The zero-order valence-electron chi connectivity index (χ0n) is 10.2. The van der Waals surface area contributed by atoms with Crippen LogP contribution in [0.2, 0.25) is 0 Å². The van der Waals surface area contributed by atoms with Gasteiger partial charge >= 0.3 is 0 Å². The number of hydrogen-bond donors (Lipinski definition) is 0. The van der Waals surface area contributed by atoms with E-state index in [1.807, 2.05) is 49.4 Å². The fourth-order valence-electron chi connectivity index (χ4n) is 1.84. The van der Waals surface area contributed by atoms with Gasteiger partial charge in [-0.2, -0.15) is 5.26 Å². The van der Waals surface area contributed by atoms with Crippen molar-refractivity contribution in [2.45, 2.75) is 13.3 Å². The molecular weight excluding hydrogens is 222 g/mol. The lowest BCUT2D eigenvalue weighted by molar-refractivity contribution is 0.0988. The van der Waals surface area contributed by atoms with Crippen molar-refractivity contribution in [1.82, 2.24) is 0 Å². The number of benzene rings is 2. The van der Waals surface area contributed by atoms with Gasteiger partial charge in [0.05, 0.1) is 11.6 Å². The van der Waals surface area contributed by atoms with Crippen molar-refractivity contribution in [3.05, 3.63) is 59.7 Å². The highest BCUT2D eigenvalue weighted by atomic mass is 16.1. The first-order valence-electron chi connectivity index (χ1n) is 5.88. The molecule has 0 heterocycles. The van der Waals surface area contributed by atoms with Crippen molar-refractivity contribution in [3.63, 3.8) is 0 Å². The maximum atomic E-state index is 11.7. The maximum absolute atomic E-state index is 11.7. The highest BCUT2D eigenvalue weighted by Crippen LogP contribution is 2.22. The Kier molecular flexibility index (Phi) is 3.54. The highest BCUT2D eigenvalue weighted by Gasteiger charge is 2.05. The van der Waals surface area contributed by atoms with Crippen molar-refractivity contribution >= 4 is 5.78 Å². The summed E-state index contributed by atoms with van der Waals surface area (Å²) >= 11 is 0. The maximum Gasteiger partial charge on any atom is 0.162 e. The van der Waals surface area contributed by atoms with Gasteiger partial charge in [-0.1, -0.05) is 37.3 Å². The fraction of sp³-hybridized carbons (Fsp3) is 0.125. The van der Waals surface area contributed by atoms with Gasteiger partial charge in [-0.05, 0) is 29.3 Å². The normalized spacial score (nSPS) is 9.78. The van der Waals surface area contributed by atoms with Crippen molar-refractivity contribution in [2.75, 3.05) is 0 Å². The molecule has 0 aromatic heterocycles. The van der Waals surface area contributed by atoms with Crippen LogP contribution in [0.15, 0.2) is 48.5 Å². The third kappa shape index (κ3) is 2.46. The largest absolute Gasteiger partial charge is 0.294 e. The first kappa shape index (κ1) is 12.1. The minimum absolute atomic E-state index is 0.133. The second-order valence-electron chi connectivity index (χ2n) is 4.05. The smallest absolute Gasteiger partial charge is 0.162 e. The number of nitriles is 1. The molecule has 18 heavy (non-hydrogen) atoms. The van der Waals surface area contributed by atoms with Crippen LogP contribution in [0.5, 0.6) is 0 Å². The number of carbonyl (C=O) groups is 1. The van der Waals surface area contributed by atoms with Gasteiger partial charge in [-0.3, -0.25) is 4.79 Å². The summed E-state index contributed by atoms with van der Waals surface area (Å²) in [4.78, 5) is 11.7. The van der Waals surface area contributed by atoms with Crippen LogP contribution in [0, 0.1) is 11.3 Å². The molecule has 0 N–H and O–H groups in total. The molecule has 2 rings (SSSR count). The molecule has 0 aliphatic heterocycles. The Labute approximate surface area is 107 Å². The third-order valence-corrected chi connectivity index (χ3v) is 2.83. The van der Waals surface area contributed by atoms with Crippen LogP contribution >= 0.6 is 0 Å². The molecule has 0 saturated heterocycles. The number of hydrogen-bond acceptors (Lipinski definition) is 2. The first-order valence-corrected chi connectivity index (χ1v) is 5.88. The van der Waals surface area contributed by atoms with Gasteiger partial charge in [0.15, 0.2) is 5.78 Å². The summed E-state index contributed by atoms with van der Waals surface area (Å²) in [7, 11) is 0. The van der Waals surface area contributed by atoms with E-state index in [1.54, 1.807) is 6.07 Å². The SMILES string of the molecule is CCC(=O)c1cccc(-c2cccc(C#N)c2)c1. The number of Topliss-reactive ketones (excluding diaryl/α,β-unsaturated/α-hetero) is 1. The molecule has 0 bridgehead atoms. The van der Waals surface area contributed by atoms with Gasteiger partial charge in [0, 0.05) is 12.0 Å². The molecule has 2 aromatic rings. The van der Waals surface area contributed by atoms with Gasteiger partial charge in [-0.15, -0.1) is 0 Å². The van der Waals surface area contributed by atoms with E-state index in [0.29, 0.717) is 12.0 Å². The second kappa shape index (κ2) is 5.29. The summed E-state index contributed by atoms with van der Waals surface area (Å²) in [6.07, 6.45) is 0.502. The topological polar surface area (TPSA) is 40.9 Å². The van der Waals surface area contributed by atoms with Crippen LogP contribution in [-0.2, 0) is 0 Å². The van der Waals surface area contributed by atoms with E-state index < -0.39 is 0 Å². The van der Waals surface area contributed by atoms with E-state index in [-0.39, 0.29) is 5.78 Å². The summed E-state index contributed by atoms with van der Waals surface area (Å²) in [5.41, 5.74) is 3.27. The van der Waals surface area contributed by atoms with E-state index in [0.717, 1.165) is 16.7 Å². The average Bonchev–Trinajstić information content (AvgIpc) is 2.46. The zero-order valence-corrected chi connectivity index (χ0v) is 10.2. The van der Waals surface area contributed by atoms with Crippen molar-refractivity contribution < 1.29 is 4.79 Å². The molecule has 88 valence electrons. The van der Waals surface area contributed by atoms with Crippen LogP contribution < -0.4 is 0 Å². The lowest BCUT2D eigenvalue weighted by Crippen LogP contribution is -1.96. The van der Waals surface area contributed by atoms with Gasteiger partial charge in [0.1, 0.15) is 0 Å². The molecule has 0 radical (unpaired) electrons. The molecule has 0 aliphatic rings. The van der Waals surface area contributed by atoms with Crippen LogP contribution in [-0.4, -0.2) is 5.78 Å². The Hall–Kier alpha value is -2.40. The highest BCUT2D eigenvalue weighted by molar-refractivity contribution is 5.97. The molecule has 0 saturated carbocycles. The van der Waals surface area contributed by atoms with E-state index in [9.17, 15) is 4.79 Å². The van der Waals surface area contributed by atoms with Gasteiger partial charge < -0.3 is 0 Å².